The van der Waals surface area contributed by atoms with E-state index in [0.717, 1.165) is 12.1 Å². The number of benzene rings is 1. The summed E-state index contributed by atoms with van der Waals surface area (Å²) < 4.78 is 0. The fraction of sp³-hybridized carbons (Fsp3) is 0.571. The number of likely N-dealkylation sites (N-methyl/N-ethyl adjacent to an activating group) is 1. The van der Waals surface area contributed by atoms with Crippen LogP contribution >= 0.6 is 0 Å². The zero-order valence-corrected chi connectivity index (χ0v) is 11.1. The van der Waals surface area contributed by atoms with Crippen molar-refractivity contribution >= 4 is 0 Å². The van der Waals surface area contributed by atoms with Crippen molar-refractivity contribution in [2.75, 3.05) is 26.7 Å². The van der Waals surface area contributed by atoms with Crippen LogP contribution in [0.2, 0.25) is 0 Å². The molecule has 3 heteroatoms. The largest absolute Gasteiger partial charge is 0.395 e. The number of hydrogen-bond acceptors (Lipinski definition) is 3. The van der Waals surface area contributed by atoms with E-state index in [1.165, 1.54) is 0 Å². The number of aliphatic hydroxyl groups excluding tert-OH is 1. The first-order valence-corrected chi connectivity index (χ1v) is 6.07. The van der Waals surface area contributed by atoms with Crippen molar-refractivity contribution in [1.29, 1.82) is 0 Å². The highest BCUT2D eigenvalue weighted by Gasteiger charge is 2.28. The van der Waals surface area contributed by atoms with Gasteiger partial charge in [-0.05, 0) is 18.0 Å². The Kier molecular flexibility index (Phi) is 5.12. The number of nitrogens with zero attached hydrogens (tertiary/aromatic N) is 1. The van der Waals surface area contributed by atoms with E-state index >= 15 is 0 Å². The Morgan fingerprint density at radius 2 is 1.88 bits per heavy atom. The predicted octanol–water partition coefficient (Wildman–Crippen LogP) is 1.64. The molecule has 1 unspecified atom stereocenters. The van der Waals surface area contributed by atoms with Crippen LogP contribution in [0.1, 0.15) is 25.5 Å². The molecule has 0 saturated heterocycles. The number of hydrogen-bond donors (Lipinski definition) is 2. The molecule has 0 amide bonds. The first-order valence-electron chi connectivity index (χ1n) is 6.07. The van der Waals surface area contributed by atoms with E-state index in [2.05, 4.69) is 30.9 Å². The Labute approximate surface area is 104 Å². The second kappa shape index (κ2) is 6.15. The Morgan fingerprint density at radius 1 is 1.29 bits per heavy atom. The van der Waals surface area contributed by atoms with Gasteiger partial charge in [0.2, 0.25) is 0 Å². The number of nitrogens with two attached hydrogens (primary N) is 1. The van der Waals surface area contributed by atoms with Gasteiger partial charge in [0, 0.05) is 19.1 Å². The lowest BCUT2D eigenvalue weighted by Crippen LogP contribution is -2.40. The van der Waals surface area contributed by atoms with Gasteiger partial charge in [0.25, 0.3) is 0 Å². The summed E-state index contributed by atoms with van der Waals surface area (Å²) in [6.07, 6.45) is 0. The summed E-state index contributed by atoms with van der Waals surface area (Å²) in [7, 11) is 2.01. The first-order chi connectivity index (χ1) is 7.97. The first kappa shape index (κ1) is 14.2. The van der Waals surface area contributed by atoms with E-state index < -0.39 is 0 Å². The second-order valence-corrected chi connectivity index (χ2v) is 5.34. The Hall–Kier alpha value is -0.900. The summed E-state index contributed by atoms with van der Waals surface area (Å²) in [4.78, 5) is 2.11. The summed E-state index contributed by atoms with van der Waals surface area (Å²) in [5, 5.41) is 8.92. The fourth-order valence-corrected chi connectivity index (χ4v) is 2.16. The quantitative estimate of drug-likeness (QED) is 0.789. The van der Waals surface area contributed by atoms with Crippen LogP contribution in [0.5, 0.6) is 0 Å². The molecule has 1 atom stereocenters. The van der Waals surface area contributed by atoms with Gasteiger partial charge in [-0.2, -0.15) is 0 Å². The lowest BCUT2D eigenvalue weighted by Gasteiger charge is -2.35. The summed E-state index contributed by atoms with van der Waals surface area (Å²) >= 11 is 0. The van der Waals surface area contributed by atoms with E-state index in [9.17, 15) is 0 Å². The molecule has 1 aromatic rings. The van der Waals surface area contributed by atoms with Crippen LogP contribution in [0.3, 0.4) is 0 Å². The smallest absolute Gasteiger partial charge is 0.0558 e. The second-order valence-electron chi connectivity index (χ2n) is 5.34. The van der Waals surface area contributed by atoms with Crippen LogP contribution in [0.25, 0.3) is 0 Å². The molecule has 3 N–H and O–H groups in total. The van der Waals surface area contributed by atoms with Crippen molar-refractivity contribution in [3.8, 4) is 0 Å². The minimum Gasteiger partial charge on any atom is -0.395 e. The van der Waals surface area contributed by atoms with Gasteiger partial charge >= 0.3 is 0 Å². The van der Waals surface area contributed by atoms with E-state index in [4.69, 9.17) is 10.8 Å². The molecule has 0 radical (unpaired) electrons. The molecule has 0 aliphatic carbocycles. The van der Waals surface area contributed by atoms with Gasteiger partial charge in [0.15, 0.2) is 0 Å². The topological polar surface area (TPSA) is 49.5 Å². The Balaban J connectivity index is 2.69. The Morgan fingerprint density at radius 3 is 2.41 bits per heavy atom. The molecular formula is C14H24N2O. The van der Waals surface area contributed by atoms with Crippen molar-refractivity contribution in [3.05, 3.63) is 35.9 Å². The lowest BCUT2D eigenvalue weighted by atomic mass is 9.80. The molecule has 0 aliphatic rings. The molecule has 0 fully saturated rings. The van der Waals surface area contributed by atoms with Crippen LogP contribution in [0.4, 0.5) is 0 Å². The molecule has 0 aromatic heterocycles. The van der Waals surface area contributed by atoms with Gasteiger partial charge < -0.3 is 15.7 Å². The van der Waals surface area contributed by atoms with Gasteiger partial charge in [0.1, 0.15) is 0 Å². The molecule has 1 aromatic carbocycles. The molecule has 3 nitrogen and oxygen atoms in total. The average Bonchev–Trinajstić information content (AvgIpc) is 2.28. The molecule has 0 spiro atoms. The number of rotatable bonds is 6. The SMILES string of the molecule is CN(CCO)CC(C)(C)C(N)c1ccccc1. The highest BCUT2D eigenvalue weighted by Crippen LogP contribution is 2.31. The fourth-order valence-electron chi connectivity index (χ4n) is 2.16. The highest BCUT2D eigenvalue weighted by atomic mass is 16.3. The number of aliphatic hydroxyl groups is 1. The van der Waals surface area contributed by atoms with Crippen LogP contribution in [0.15, 0.2) is 30.3 Å². The lowest BCUT2D eigenvalue weighted by molar-refractivity contribution is 0.149. The van der Waals surface area contributed by atoms with Gasteiger partial charge in [-0.15, -0.1) is 0 Å². The Bertz CT molecular complexity index is 324. The highest BCUT2D eigenvalue weighted by molar-refractivity contribution is 5.20. The van der Waals surface area contributed by atoms with E-state index in [-0.39, 0.29) is 18.1 Å². The van der Waals surface area contributed by atoms with Crippen LogP contribution in [-0.4, -0.2) is 36.8 Å². The van der Waals surface area contributed by atoms with Crippen LogP contribution in [0, 0.1) is 5.41 Å². The molecule has 17 heavy (non-hydrogen) atoms. The third-order valence-corrected chi connectivity index (χ3v) is 3.16. The van der Waals surface area contributed by atoms with Crippen molar-refractivity contribution in [3.63, 3.8) is 0 Å². The van der Waals surface area contributed by atoms with E-state index in [1.807, 2.05) is 25.2 Å². The van der Waals surface area contributed by atoms with Crippen molar-refractivity contribution in [1.82, 2.24) is 4.90 Å². The summed E-state index contributed by atoms with van der Waals surface area (Å²) in [5.74, 6) is 0. The van der Waals surface area contributed by atoms with Gasteiger partial charge in [0.05, 0.1) is 6.61 Å². The maximum atomic E-state index is 8.92. The molecule has 0 saturated carbocycles. The molecule has 96 valence electrons. The summed E-state index contributed by atoms with van der Waals surface area (Å²) in [5.41, 5.74) is 7.47. The third-order valence-electron chi connectivity index (χ3n) is 3.16. The minimum atomic E-state index is -0.0225. The van der Waals surface area contributed by atoms with Gasteiger partial charge in [-0.1, -0.05) is 44.2 Å². The maximum Gasteiger partial charge on any atom is 0.0558 e. The molecule has 0 heterocycles. The molecule has 0 aliphatic heterocycles. The zero-order valence-electron chi connectivity index (χ0n) is 11.1. The standard InChI is InChI=1S/C14H24N2O/c1-14(2,11-16(3)9-10-17)13(15)12-7-5-4-6-8-12/h4-8,13,17H,9-11,15H2,1-3H3. The average molecular weight is 236 g/mol. The monoisotopic (exact) mass is 236 g/mol. The van der Waals surface area contributed by atoms with E-state index in [0.29, 0.717) is 6.54 Å². The molecule has 0 bridgehead atoms. The van der Waals surface area contributed by atoms with Crippen LogP contribution < -0.4 is 5.73 Å². The van der Waals surface area contributed by atoms with Crippen molar-refractivity contribution in [2.24, 2.45) is 11.1 Å². The van der Waals surface area contributed by atoms with Crippen LogP contribution in [-0.2, 0) is 0 Å². The predicted molar refractivity (Wildman–Crippen MR) is 71.7 cm³/mol. The van der Waals surface area contributed by atoms with Gasteiger partial charge in [-0.3, -0.25) is 0 Å². The third kappa shape index (κ3) is 4.11. The van der Waals surface area contributed by atoms with Gasteiger partial charge in [-0.25, -0.2) is 0 Å². The summed E-state index contributed by atoms with van der Waals surface area (Å²) in [6, 6.07) is 10.2. The summed E-state index contributed by atoms with van der Waals surface area (Å²) in [6.45, 7) is 6.07. The molecule has 1 rings (SSSR count). The van der Waals surface area contributed by atoms with Crippen molar-refractivity contribution in [2.45, 2.75) is 19.9 Å². The maximum absolute atomic E-state index is 8.92. The normalized spacial score (nSPS) is 14.0. The van der Waals surface area contributed by atoms with E-state index in [1.54, 1.807) is 0 Å². The zero-order chi connectivity index (χ0) is 12.9. The molecular weight excluding hydrogens is 212 g/mol. The minimum absolute atomic E-state index is 0.00448. The van der Waals surface area contributed by atoms with Crippen molar-refractivity contribution < 1.29 is 5.11 Å².